The molecule has 1 aliphatic rings. The molecule has 2 rings (SSSR count). The molecule has 0 spiro atoms. The van der Waals surface area contributed by atoms with Crippen LogP contribution in [0.1, 0.15) is 50.7 Å². The zero-order valence-corrected chi connectivity index (χ0v) is 11.3. The Hall–Kier alpha value is -1.28. The van der Waals surface area contributed by atoms with E-state index in [2.05, 4.69) is 31.2 Å². The van der Waals surface area contributed by atoms with E-state index in [0.717, 1.165) is 17.7 Å². The van der Waals surface area contributed by atoms with Crippen molar-refractivity contribution in [2.24, 2.45) is 0 Å². The molecule has 1 unspecified atom stereocenters. The summed E-state index contributed by atoms with van der Waals surface area (Å²) >= 11 is 0. The van der Waals surface area contributed by atoms with Gasteiger partial charge in [-0.15, -0.1) is 0 Å². The summed E-state index contributed by atoms with van der Waals surface area (Å²) < 4.78 is 11.6. The Kier molecular flexibility index (Phi) is 4.82. The monoisotopic (exact) mass is 246 g/mol. The molecule has 0 radical (unpaired) electrons. The minimum atomic E-state index is -0.0587. The van der Waals surface area contributed by atoms with Crippen LogP contribution < -0.4 is 4.74 Å². The zero-order chi connectivity index (χ0) is 12.8. The van der Waals surface area contributed by atoms with Crippen LogP contribution in [0, 0.1) is 0 Å². The van der Waals surface area contributed by atoms with Crippen molar-refractivity contribution in [2.75, 3.05) is 0 Å². The average Bonchev–Trinajstić information content (AvgIpc) is 2.39. The molecule has 1 aromatic carbocycles. The van der Waals surface area contributed by atoms with E-state index in [1.807, 2.05) is 13.0 Å². The Morgan fingerprint density at radius 2 is 2.22 bits per heavy atom. The van der Waals surface area contributed by atoms with E-state index in [9.17, 15) is 0 Å². The van der Waals surface area contributed by atoms with Crippen molar-refractivity contribution >= 4 is 6.08 Å². The SMILES string of the molecule is CC=Cc1ccc2c(c1)COC(CCCCC)O2. The summed E-state index contributed by atoms with van der Waals surface area (Å²) in [5, 5.41) is 0. The first kappa shape index (κ1) is 13.2. The van der Waals surface area contributed by atoms with Crippen molar-refractivity contribution in [2.45, 2.75) is 52.4 Å². The number of hydrogen-bond donors (Lipinski definition) is 0. The van der Waals surface area contributed by atoms with Gasteiger partial charge in [0.05, 0.1) is 6.61 Å². The second kappa shape index (κ2) is 6.60. The van der Waals surface area contributed by atoms with Crippen molar-refractivity contribution < 1.29 is 9.47 Å². The Bertz CT molecular complexity index is 410. The summed E-state index contributed by atoms with van der Waals surface area (Å²) in [5.41, 5.74) is 2.35. The van der Waals surface area contributed by atoms with Gasteiger partial charge in [-0.25, -0.2) is 0 Å². The molecule has 18 heavy (non-hydrogen) atoms. The molecule has 1 aromatic rings. The second-order valence-corrected chi connectivity index (χ2v) is 4.72. The summed E-state index contributed by atoms with van der Waals surface area (Å²) in [6.07, 6.45) is 8.72. The molecule has 0 saturated carbocycles. The standard InChI is InChI=1S/C16H22O2/c1-3-5-6-8-16-17-12-14-11-13(7-4-2)9-10-15(14)18-16/h4,7,9-11,16H,3,5-6,8,12H2,1-2H3. The molecule has 0 N–H and O–H groups in total. The van der Waals surface area contributed by atoms with Crippen LogP contribution >= 0.6 is 0 Å². The normalized spacial score (nSPS) is 18.7. The van der Waals surface area contributed by atoms with Crippen molar-refractivity contribution in [3.05, 3.63) is 35.4 Å². The molecular formula is C16H22O2. The highest BCUT2D eigenvalue weighted by molar-refractivity contribution is 5.53. The van der Waals surface area contributed by atoms with Crippen LogP contribution in [0.4, 0.5) is 0 Å². The summed E-state index contributed by atoms with van der Waals surface area (Å²) in [6, 6.07) is 6.28. The van der Waals surface area contributed by atoms with Crippen molar-refractivity contribution in [1.29, 1.82) is 0 Å². The van der Waals surface area contributed by atoms with Gasteiger partial charge in [0, 0.05) is 12.0 Å². The first-order valence-corrected chi connectivity index (χ1v) is 6.87. The van der Waals surface area contributed by atoms with Gasteiger partial charge in [-0.1, -0.05) is 38.0 Å². The fourth-order valence-electron chi connectivity index (χ4n) is 2.18. The maximum absolute atomic E-state index is 5.87. The Balaban J connectivity index is 1.97. The van der Waals surface area contributed by atoms with Gasteiger partial charge in [-0.2, -0.15) is 0 Å². The lowest BCUT2D eigenvalue weighted by Gasteiger charge is -2.26. The van der Waals surface area contributed by atoms with Crippen LogP contribution in [0.15, 0.2) is 24.3 Å². The third-order valence-electron chi connectivity index (χ3n) is 3.17. The Morgan fingerprint density at radius 3 is 3.00 bits per heavy atom. The molecule has 0 fully saturated rings. The van der Waals surface area contributed by atoms with Crippen LogP contribution in [-0.2, 0) is 11.3 Å². The van der Waals surface area contributed by atoms with Gasteiger partial charge in [0.25, 0.3) is 0 Å². The number of benzene rings is 1. The zero-order valence-electron chi connectivity index (χ0n) is 11.3. The molecule has 0 amide bonds. The summed E-state index contributed by atoms with van der Waals surface area (Å²) in [6.45, 7) is 4.90. The molecule has 0 aromatic heterocycles. The number of unbranched alkanes of at least 4 members (excludes halogenated alkanes) is 2. The summed E-state index contributed by atoms with van der Waals surface area (Å²) in [5.74, 6) is 0.982. The number of ether oxygens (including phenoxy) is 2. The van der Waals surface area contributed by atoms with Crippen molar-refractivity contribution in [3.63, 3.8) is 0 Å². The molecule has 0 saturated heterocycles. The molecule has 1 heterocycles. The minimum absolute atomic E-state index is 0.0587. The first-order valence-electron chi connectivity index (χ1n) is 6.87. The molecule has 1 atom stereocenters. The van der Waals surface area contributed by atoms with Gasteiger partial charge in [-0.3, -0.25) is 0 Å². The summed E-state index contributed by atoms with van der Waals surface area (Å²) in [4.78, 5) is 0. The molecule has 0 aliphatic carbocycles. The van der Waals surface area contributed by atoms with Crippen LogP contribution in [-0.4, -0.2) is 6.29 Å². The number of rotatable bonds is 5. The fourth-order valence-corrected chi connectivity index (χ4v) is 2.18. The molecule has 0 bridgehead atoms. The molecular weight excluding hydrogens is 224 g/mol. The van der Waals surface area contributed by atoms with Gasteiger partial charge in [-0.05, 0) is 31.0 Å². The third kappa shape index (κ3) is 3.36. The highest BCUT2D eigenvalue weighted by Gasteiger charge is 2.19. The lowest BCUT2D eigenvalue weighted by molar-refractivity contribution is -0.112. The van der Waals surface area contributed by atoms with E-state index < -0.39 is 0 Å². The second-order valence-electron chi connectivity index (χ2n) is 4.72. The minimum Gasteiger partial charge on any atom is -0.465 e. The number of hydrogen-bond acceptors (Lipinski definition) is 2. The maximum Gasteiger partial charge on any atom is 0.200 e. The number of fused-ring (bicyclic) bond motifs is 1. The van der Waals surface area contributed by atoms with Crippen LogP contribution in [0.3, 0.4) is 0 Å². The smallest absolute Gasteiger partial charge is 0.200 e. The predicted molar refractivity (Wildman–Crippen MR) is 74.5 cm³/mol. The van der Waals surface area contributed by atoms with E-state index >= 15 is 0 Å². The quantitative estimate of drug-likeness (QED) is 0.710. The lowest BCUT2D eigenvalue weighted by atomic mass is 10.1. The largest absolute Gasteiger partial charge is 0.465 e. The Morgan fingerprint density at radius 1 is 1.33 bits per heavy atom. The summed E-state index contributed by atoms with van der Waals surface area (Å²) in [7, 11) is 0. The van der Waals surface area contributed by atoms with Crippen LogP contribution in [0.2, 0.25) is 0 Å². The topological polar surface area (TPSA) is 18.5 Å². The van der Waals surface area contributed by atoms with Crippen molar-refractivity contribution in [3.8, 4) is 5.75 Å². The van der Waals surface area contributed by atoms with Crippen molar-refractivity contribution in [1.82, 2.24) is 0 Å². The fraction of sp³-hybridized carbons (Fsp3) is 0.500. The van der Waals surface area contributed by atoms with Gasteiger partial charge in [0.15, 0.2) is 6.29 Å². The highest BCUT2D eigenvalue weighted by Crippen LogP contribution is 2.29. The van der Waals surface area contributed by atoms with E-state index in [4.69, 9.17) is 9.47 Å². The maximum atomic E-state index is 5.87. The van der Waals surface area contributed by atoms with Gasteiger partial charge in [0.1, 0.15) is 5.75 Å². The molecule has 2 nitrogen and oxygen atoms in total. The molecule has 1 aliphatic heterocycles. The van der Waals surface area contributed by atoms with E-state index in [-0.39, 0.29) is 6.29 Å². The lowest BCUT2D eigenvalue weighted by Crippen LogP contribution is -2.25. The molecule has 2 heteroatoms. The molecule has 98 valence electrons. The first-order chi connectivity index (χ1) is 8.83. The highest BCUT2D eigenvalue weighted by atomic mass is 16.7. The van der Waals surface area contributed by atoms with Crippen LogP contribution in [0.25, 0.3) is 6.08 Å². The van der Waals surface area contributed by atoms with Gasteiger partial charge in [0.2, 0.25) is 0 Å². The van der Waals surface area contributed by atoms with Gasteiger partial charge < -0.3 is 9.47 Å². The predicted octanol–water partition coefficient (Wildman–Crippen LogP) is 4.54. The van der Waals surface area contributed by atoms with Gasteiger partial charge >= 0.3 is 0 Å². The number of allylic oxidation sites excluding steroid dienone is 1. The Labute approximate surface area is 110 Å². The van der Waals surface area contributed by atoms with E-state index in [1.165, 1.54) is 24.8 Å². The van der Waals surface area contributed by atoms with E-state index in [1.54, 1.807) is 0 Å². The average molecular weight is 246 g/mol. The van der Waals surface area contributed by atoms with Crippen LogP contribution in [0.5, 0.6) is 5.75 Å². The third-order valence-corrected chi connectivity index (χ3v) is 3.17. The van der Waals surface area contributed by atoms with E-state index in [0.29, 0.717) is 6.61 Å².